The Balaban J connectivity index is 4.81. The minimum atomic E-state index is -3.07. The molecule has 0 heterocycles. The Kier molecular flexibility index (Phi) is 3.98. The lowest BCUT2D eigenvalue weighted by atomic mass is 10.2. The van der Waals surface area contributed by atoms with Crippen molar-refractivity contribution in [3.05, 3.63) is 12.2 Å². The Morgan fingerprint density at radius 3 is 2.07 bits per heavy atom. The van der Waals surface area contributed by atoms with Crippen molar-refractivity contribution in [2.75, 3.05) is 0 Å². The molecule has 1 atom stereocenters. The smallest absolute Gasteiger partial charge is 0.377 e. The number of rotatable bonds is 5. The largest absolute Gasteiger partial charge is 0.481 e. The number of carbonyl (C=O) groups is 3. The summed E-state index contributed by atoms with van der Waals surface area (Å²) >= 11 is 0. The van der Waals surface area contributed by atoms with Crippen LogP contribution in [0.1, 0.15) is 13.3 Å². The van der Waals surface area contributed by atoms with Crippen LogP contribution in [-0.2, 0) is 19.1 Å². The molecule has 7 heteroatoms. The predicted octanol–water partition coefficient (Wildman–Crippen LogP) is -0.646. The first-order valence-corrected chi connectivity index (χ1v) is 3.75. The maximum Gasteiger partial charge on any atom is 0.377 e. The van der Waals surface area contributed by atoms with Gasteiger partial charge in [-0.1, -0.05) is 6.58 Å². The molecule has 0 fully saturated rings. The van der Waals surface area contributed by atoms with Gasteiger partial charge in [0, 0.05) is 5.57 Å². The molecule has 0 aromatic rings. The summed E-state index contributed by atoms with van der Waals surface area (Å²) in [6.45, 7) is 4.38. The first-order valence-electron chi connectivity index (χ1n) is 3.75. The maximum atomic E-state index is 10.9. The van der Waals surface area contributed by atoms with E-state index in [1.54, 1.807) is 0 Å². The number of esters is 1. The monoisotopic (exact) mass is 218 g/mol. The fourth-order valence-electron chi connectivity index (χ4n) is 0.601. The van der Waals surface area contributed by atoms with Crippen LogP contribution in [-0.4, -0.2) is 39.0 Å². The van der Waals surface area contributed by atoms with E-state index in [1.807, 2.05) is 0 Å². The van der Waals surface area contributed by atoms with Gasteiger partial charge < -0.3 is 20.1 Å². The fraction of sp³-hybridized carbons (Fsp3) is 0.375. The van der Waals surface area contributed by atoms with E-state index < -0.39 is 30.1 Å². The quantitative estimate of drug-likeness (QED) is 0.318. The average Bonchev–Trinajstić information content (AvgIpc) is 2.01. The van der Waals surface area contributed by atoms with Crippen LogP contribution in [0.4, 0.5) is 0 Å². The van der Waals surface area contributed by atoms with E-state index in [2.05, 4.69) is 11.3 Å². The van der Waals surface area contributed by atoms with Crippen LogP contribution in [0.2, 0.25) is 0 Å². The Hall–Kier alpha value is -1.89. The summed E-state index contributed by atoms with van der Waals surface area (Å²) in [4.78, 5) is 31.6. The summed E-state index contributed by atoms with van der Waals surface area (Å²) in [5.74, 6) is -7.82. The van der Waals surface area contributed by atoms with Crippen molar-refractivity contribution in [2.24, 2.45) is 0 Å². The fourth-order valence-corrected chi connectivity index (χ4v) is 0.601. The van der Waals surface area contributed by atoms with Gasteiger partial charge in [-0.3, -0.25) is 4.79 Å². The lowest BCUT2D eigenvalue weighted by molar-refractivity contribution is -0.224. The van der Waals surface area contributed by atoms with Crippen molar-refractivity contribution < 1.29 is 34.4 Å². The van der Waals surface area contributed by atoms with E-state index in [1.165, 1.54) is 6.92 Å². The molecule has 0 aromatic heterocycles. The molecule has 7 nitrogen and oxygen atoms in total. The van der Waals surface area contributed by atoms with Crippen LogP contribution < -0.4 is 0 Å². The lowest BCUT2D eigenvalue weighted by Crippen LogP contribution is -2.45. The molecule has 0 radical (unpaired) electrons. The number of hydrogen-bond donors (Lipinski definition) is 3. The van der Waals surface area contributed by atoms with Gasteiger partial charge in [-0.25, -0.2) is 9.59 Å². The first kappa shape index (κ1) is 13.1. The second-order valence-corrected chi connectivity index (χ2v) is 2.83. The number of hydrogen-bond acceptors (Lipinski definition) is 5. The van der Waals surface area contributed by atoms with Crippen molar-refractivity contribution in [1.82, 2.24) is 0 Å². The molecular formula is C8H10O7. The molecule has 84 valence electrons. The Morgan fingerprint density at radius 2 is 1.80 bits per heavy atom. The molecule has 0 aliphatic rings. The van der Waals surface area contributed by atoms with E-state index in [9.17, 15) is 19.5 Å². The van der Waals surface area contributed by atoms with Crippen molar-refractivity contribution in [3.63, 3.8) is 0 Å². The lowest BCUT2D eigenvalue weighted by Gasteiger charge is -2.21. The second-order valence-electron chi connectivity index (χ2n) is 2.83. The molecule has 0 aliphatic carbocycles. The van der Waals surface area contributed by atoms with Gasteiger partial charge in [-0.05, 0) is 6.92 Å². The molecule has 0 saturated carbocycles. The third-order valence-electron chi connectivity index (χ3n) is 1.34. The molecule has 0 rings (SSSR count). The van der Waals surface area contributed by atoms with E-state index >= 15 is 0 Å². The zero-order chi connectivity index (χ0) is 12.2. The predicted molar refractivity (Wildman–Crippen MR) is 45.7 cm³/mol. The van der Waals surface area contributed by atoms with E-state index in [0.29, 0.717) is 0 Å². The molecule has 15 heavy (non-hydrogen) atoms. The van der Waals surface area contributed by atoms with E-state index in [4.69, 9.17) is 10.2 Å². The third kappa shape index (κ3) is 3.77. The minimum absolute atomic E-state index is 0.153. The molecule has 0 saturated heterocycles. The summed E-state index contributed by atoms with van der Waals surface area (Å²) in [5.41, 5.74) is -0.153. The van der Waals surface area contributed by atoms with Gasteiger partial charge in [0.25, 0.3) is 0 Å². The van der Waals surface area contributed by atoms with Crippen molar-refractivity contribution >= 4 is 17.9 Å². The van der Waals surface area contributed by atoms with Gasteiger partial charge in [0.15, 0.2) is 0 Å². The molecular weight excluding hydrogens is 208 g/mol. The van der Waals surface area contributed by atoms with Gasteiger partial charge in [0.2, 0.25) is 0 Å². The highest BCUT2D eigenvalue weighted by atomic mass is 16.7. The second kappa shape index (κ2) is 4.56. The van der Waals surface area contributed by atoms with Crippen molar-refractivity contribution in [2.45, 2.75) is 19.1 Å². The van der Waals surface area contributed by atoms with Crippen molar-refractivity contribution in [3.8, 4) is 0 Å². The van der Waals surface area contributed by atoms with E-state index in [0.717, 1.165) is 0 Å². The van der Waals surface area contributed by atoms with Gasteiger partial charge in [0.1, 0.15) is 6.42 Å². The topological polar surface area (TPSA) is 121 Å². The van der Waals surface area contributed by atoms with Crippen LogP contribution in [0.15, 0.2) is 12.2 Å². The van der Waals surface area contributed by atoms with E-state index in [-0.39, 0.29) is 5.57 Å². The molecule has 0 aliphatic heterocycles. The Morgan fingerprint density at radius 1 is 1.33 bits per heavy atom. The molecule has 0 amide bonds. The Bertz CT molecular complexity index is 319. The third-order valence-corrected chi connectivity index (χ3v) is 1.34. The van der Waals surface area contributed by atoms with Gasteiger partial charge in [0.05, 0.1) is 0 Å². The molecule has 3 N–H and O–H groups in total. The maximum absolute atomic E-state index is 10.9. The zero-order valence-electron chi connectivity index (χ0n) is 7.89. The first-order chi connectivity index (χ1) is 6.69. The SMILES string of the molecule is C=C(C)C(=O)OC(O)(CC(=O)O)C(=O)O. The summed E-state index contributed by atoms with van der Waals surface area (Å²) in [6, 6.07) is 0. The standard InChI is InChI=1S/C8H10O7/c1-4(2)6(11)15-8(14,7(12)13)3-5(9)10/h14H,1,3H2,2H3,(H,9,10)(H,12,13). The van der Waals surface area contributed by atoms with Gasteiger partial charge in [-0.2, -0.15) is 0 Å². The number of ether oxygens (including phenoxy) is 1. The minimum Gasteiger partial charge on any atom is -0.481 e. The van der Waals surface area contributed by atoms with Gasteiger partial charge in [-0.15, -0.1) is 0 Å². The average molecular weight is 218 g/mol. The highest BCUT2D eigenvalue weighted by molar-refractivity contribution is 5.91. The molecule has 0 aromatic carbocycles. The number of carbonyl (C=O) groups excluding carboxylic acids is 1. The number of carboxylic acid groups (broad SMARTS) is 2. The summed E-state index contributed by atoms with van der Waals surface area (Å²) in [5, 5.41) is 26.0. The molecule has 0 bridgehead atoms. The van der Waals surface area contributed by atoms with Crippen LogP contribution >= 0.6 is 0 Å². The number of aliphatic carboxylic acids is 2. The zero-order valence-corrected chi connectivity index (χ0v) is 7.89. The number of aliphatic hydroxyl groups is 1. The highest BCUT2D eigenvalue weighted by Crippen LogP contribution is 2.15. The van der Waals surface area contributed by atoms with Crippen LogP contribution in [0, 0.1) is 0 Å². The van der Waals surface area contributed by atoms with Crippen LogP contribution in [0.3, 0.4) is 0 Å². The van der Waals surface area contributed by atoms with Gasteiger partial charge >= 0.3 is 23.7 Å². The summed E-state index contributed by atoms with van der Waals surface area (Å²) in [6.07, 6.45) is -1.25. The molecule has 0 spiro atoms. The summed E-state index contributed by atoms with van der Waals surface area (Å²) < 4.78 is 4.11. The highest BCUT2D eigenvalue weighted by Gasteiger charge is 2.43. The summed E-state index contributed by atoms with van der Waals surface area (Å²) in [7, 11) is 0. The van der Waals surface area contributed by atoms with Crippen molar-refractivity contribution in [1.29, 1.82) is 0 Å². The van der Waals surface area contributed by atoms with Crippen LogP contribution in [0.25, 0.3) is 0 Å². The van der Waals surface area contributed by atoms with Crippen LogP contribution in [0.5, 0.6) is 0 Å². The normalized spacial score (nSPS) is 13.7. The Labute approximate surface area is 84.6 Å². The molecule has 1 unspecified atom stereocenters. The number of carboxylic acids is 2.